The van der Waals surface area contributed by atoms with Crippen LogP contribution in [0, 0.1) is 5.92 Å². The summed E-state index contributed by atoms with van der Waals surface area (Å²) in [5.74, 6) is 1.42. The van der Waals surface area contributed by atoms with Crippen molar-refractivity contribution < 1.29 is 14.3 Å². The number of hydrogen-bond acceptors (Lipinski definition) is 3. The van der Waals surface area contributed by atoms with Crippen molar-refractivity contribution in [2.75, 3.05) is 11.9 Å². The van der Waals surface area contributed by atoms with Crippen molar-refractivity contribution in [1.29, 1.82) is 0 Å². The van der Waals surface area contributed by atoms with Crippen LogP contribution in [0.4, 0.5) is 5.69 Å². The molecule has 6 heteroatoms. The number of amides is 1. The number of carbonyl (C=O) groups excluding carboxylic acids is 1. The molecule has 1 amide bonds. The topological polar surface area (TPSA) is 47.6 Å². The molecular weight excluding hydrogens is 373 g/mol. The molecule has 4 nitrogen and oxygen atoms in total. The number of benzene rings is 2. The Morgan fingerprint density at radius 1 is 1.12 bits per heavy atom. The minimum absolute atomic E-state index is 0.282. The smallest absolute Gasteiger partial charge is 0.265 e. The second-order valence-electron chi connectivity index (χ2n) is 6.38. The Kier molecular flexibility index (Phi) is 7.61. The van der Waals surface area contributed by atoms with Crippen LogP contribution >= 0.6 is 23.2 Å². The second-order valence-corrected chi connectivity index (χ2v) is 7.23. The predicted octanol–water partition coefficient (Wildman–Crippen LogP) is 5.82. The molecule has 140 valence electrons. The van der Waals surface area contributed by atoms with Crippen LogP contribution in [0.3, 0.4) is 0 Å². The van der Waals surface area contributed by atoms with Crippen LogP contribution < -0.4 is 14.8 Å². The lowest BCUT2D eigenvalue weighted by molar-refractivity contribution is -0.122. The Bertz CT molecular complexity index is 750. The first-order valence-corrected chi connectivity index (χ1v) is 9.26. The Morgan fingerprint density at radius 3 is 2.58 bits per heavy atom. The zero-order chi connectivity index (χ0) is 19.1. The van der Waals surface area contributed by atoms with Gasteiger partial charge in [0.1, 0.15) is 11.5 Å². The summed E-state index contributed by atoms with van der Waals surface area (Å²) in [5.41, 5.74) is 0.648. The van der Waals surface area contributed by atoms with E-state index in [9.17, 15) is 4.79 Å². The van der Waals surface area contributed by atoms with Gasteiger partial charge in [-0.1, -0.05) is 43.1 Å². The number of hydrogen-bond donors (Lipinski definition) is 1. The van der Waals surface area contributed by atoms with Crippen molar-refractivity contribution in [3.8, 4) is 11.5 Å². The first-order chi connectivity index (χ1) is 12.3. The molecule has 0 radical (unpaired) electrons. The fraction of sp³-hybridized carbons (Fsp3) is 0.350. The van der Waals surface area contributed by atoms with Crippen LogP contribution in [0.25, 0.3) is 0 Å². The van der Waals surface area contributed by atoms with Crippen molar-refractivity contribution in [1.82, 2.24) is 0 Å². The van der Waals surface area contributed by atoms with Crippen LogP contribution in [0.1, 0.15) is 27.2 Å². The maximum absolute atomic E-state index is 12.4. The highest BCUT2D eigenvalue weighted by molar-refractivity contribution is 6.35. The van der Waals surface area contributed by atoms with Gasteiger partial charge in [-0.05, 0) is 49.6 Å². The lowest BCUT2D eigenvalue weighted by Crippen LogP contribution is -2.30. The SMILES string of the molecule is CC(C)CCOc1cccc(NC(=O)C(C)Oc2ccc(Cl)cc2Cl)c1. The van der Waals surface area contributed by atoms with Gasteiger partial charge < -0.3 is 14.8 Å². The molecule has 0 aliphatic heterocycles. The molecule has 0 saturated carbocycles. The van der Waals surface area contributed by atoms with E-state index in [1.165, 1.54) is 0 Å². The maximum Gasteiger partial charge on any atom is 0.265 e. The Hall–Kier alpha value is -1.91. The summed E-state index contributed by atoms with van der Waals surface area (Å²) in [6.45, 7) is 6.59. The van der Waals surface area contributed by atoms with E-state index < -0.39 is 6.10 Å². The van der Waals surface area contributed by atoms with Crippen molar-refractivity contribution >= 4 is 34.8 Å². The highest BCUT2D eigenvalue weighted by atomic mass is 35.5. The maximum atomic E-state index is 12.4. The van der Waals surface area contributed by atoms with Gasteiger partial charge in [0, 0.05) is 16.8 Å². The van der Waals surface area contributed by atoms with Crippen molar-refractivity contribution in [2.45, 2.75) is 33.3 Å². The molecule has 1 N–H and O–H groups in total. The molecule has 2 rings (SSSR count). The van der Waals surface area contributed by atoms with Gasteiger partial charge in [-0.3, -0.25) is 4.79 Å². The molecule has 0 spiro atoms. The molecule has 0 bridgehead atoms. The van der Waals surface area contributed by atoms with Crippen molar-refractivity contribution in [2.24, 2.45) is 5.92 Å². The van der Waals surface area contributed by atoms with E-state index >= 15 is 0 Å². The summed E-state index contributed by atoms with van der Waals surface area (Å²) in [6.07, 6.45) is 0.253. The van der Waals surface area contributed by atoms with Crippen LogP contribution in [-0.2, 0) is 4.79 Å². The summed E-state index contributed by atoms with van der Waals surface area (Å²) < 4.78 is 11.3. The highest BCUT2D eigenvalue weighted by Gasteiger charge is 2.16. The molecule has 0 aliphatic rings. The summed E-state index contributed by atoms with van der Waals surface area (Å²) in [4.78, 5) is 12.4. The molecule has 0 aromatic heterocycles. The van der Waals surface area contributed by atoms with Crippen LogP contribution in [0.5, 0.6) is 11.5 Å². The van der Waals surface area contributed by atoms with Gasteiger partial charge in [-0.25, -0.2) is 0 Å². The van der Waals surface area contributed by atoms with E-state index in [4.69, 9.17) is 32.7 Å². The van der Waals surface area contributed by atoms with E-state index in [-0.39, 0.29) is 5.91 Å². The summed E-state index contributed by atoms with van der Waals surface area (Å²) in [6, 6.07) is 12.2. The summed E-state index contributed by atoms with van der Waals surface area (Å²) in [5, 5.41) is 3.69. The molecule has 0 fully saturated rings. The fourth-order valence-electron chi connectivity index (χ4n) is 2.13. The normalized spacial score (nSPS) is 11.9. The lowest BCUT2D eigenvalue weighted by Gasteiger charge is -2.16. The van der Waals surface area contributed by atoms with E-state index in [0.29, 0.717) is 34.0 Å². The highest BCUT2D eigenvalue weighted by Crippen LogP contribution is 2.28. The van der Waals surface area contributed by atoms with Gasteiger partial charge in [0.25, 0.3) is 5.91 Å². The monoisotopic (exact) mass is 395 g/mol. The molecule has 1 atom stereocenters. The van der Waals surface area contributed by atoms with E-state index in [1.807, 2.05) is 12.1 Å². The Labute approximate surface area is 164 Å². The first kappa shape index (κ1) is 20.4. The molecular formula is C20H23Cl2NO3. The number of anilines is 1. The fourth-order valence-corrected chi connectivity index (χ4v) is 2.59. The minimum Gasteiger partial charge on any atom is -0.494 e. The van der Waals surface area contributed by atoms with Crippen LogP contribution in [0.15, 0.2) is 42.5 Å². The zero-order valence-corrected chi connectivity index (χ0v) is 16.6. The van der Waals surface area contributed by atoms with E-state index in [0.717, 1.165) is 12.2 Å². The van der Waals surface area contributed by atoms with Crippen LogP contribution in [0.2, 0.25) is 10.0 Å². The lowest BCUT2D eigenvalue weighted by atomic mass is 10.1. The number of rotatable bonds is 8. The number of nitrogens with one attached hydrogen (secondary N) is 1. The third-order valence-corrected chi connectivity index (χ3v) is 4.16. The molecule has 2 aromatic rings. The molecule has 0 saturated heterocycles. The number of carbonyl (C=O) groups is 1. The van der Waals surface area contributed by atoms with Gasteiger partial charge in [-0.15, -0.1) is 0 Å². The van der Waals surface area contributed by atoms with Gasteiger partial charge in [0.2, 0.25) is 0 Å². The second kappa shape index (κ2) is 9.70. The quantitative estimate of drug-likeness (QED) is 0.611. The van der Waals surface area contributed by atoms with E-state index in [2.05, 4.69) is 19.2 Å². The van der Waals surface area contributed by atoms with Gasteiger partial charge >= 0.3 is 0 Å². The number of ether oxygens (including phenoxy) is 2. The molecule has 0 aliphatic carbocycles. The van der Waals surface area contributed by atoms with Crippen LogP contribution in [-0.4, -0.2) is 18.6 Å². The molecule has 26 heavy (non-hydrogen) atoms. The van der Waals surface area contributed by atoms with Gasteiger partial charge in [0.05, 0.1) is 11.6 Å². The Morgan fingerprint density at radius 2 is 1.88 bits per heavy atom. The zero-order valence-electron chi connectivity index (χ0n) is 15.1. The summed E-state index contributed by atoms with van der Waals surface area (Å²) >= 11 is 11.9. The predicted molar refractivity (Wildman–Crippen MR) is 107 cm³/mol. The van der Waals surface area contributed by atoms with Crippen molar-refractivity contribution in [3.63, 3.8) is 0 Å². The molecule has 0 heterocycles. The Balaban J connectivity index is 1.93. The summed E-state index contributed by atoms with van der Waals surface area (Å²) in [7, 11) is 0. The van der Waals surface area contributed by atoms with E-state index in [1.54, 1.807) is 37.3 Å². The van der Waals surface area contributed by atoms with Gasteiger partial charge in [-0.2, -0.15) is 0 Å². The van der Waals surface area contributed by atoms with Crippen molar-refractivity contribution in [3.05, 3.63) is 52.5 Å². The first-order valence-electron chi connectivity index (χ1n) is 8.50. The van der Waals surface area contributed by atoms with Gasteiger partial charge in [0.15, 0.2) is 6.10 Å². The minimum atomic E-state index is -0.723. The third kappa shape index (κ3) is 6.43. The average molecular weight is 396 g/mol. The number of halogens is 2. The third-order valence-electron chi connectivity index (χ3n) is 3.63. The molecule has 2 aromatic carbocycles. The average Bonchev–Trinajstić information content (AvgIpc) is 2.57. The standard InChI is InChI=1S/C20H23Cl2NO3/c1-13(2)9-10-25-17-6-4-5-16(12-17)23-20(24)14(3)26-19-8-7-15(21)11-18(19)22/h4-8,11-14H,9-10H2,1-3H3,(H,23,24). The molecule has 1 unspecified atom stereocenters. The largest absolute Gasteiger partial charge is 0.494 e.